The van der Waals surface area contributed by atoms with Crippen molar-refractivity contribution in [2.45, 2.75) is 80.7 Å². The predicted molar refractivity (Wildman–Crippen MR) is 112 cm³/mol. The minimum atomic E-state index is -6.69. The fourth-order valence-corrected chi connectivity index (χ4v) is 3.91. The van der Waals surface area contributed by atoms with Crippen molar-refractivity contribution >= 4 is 22.1 Å². The molecule has 0 saturated heterocycles. The van der Waals surface area contributed by atoms with E-state index in [0.29, 0.717) is 6.92 Å². The number of rotatable bonds is 17. The summed E-state index contributed by atoms with van der Waals surface area (Å²) in [5, 5.41) is -3.00. The molecule has 4 unspecified atom stereocenters. The quantitative estimate of drug-likeness (QED) is 0.122. The van der Waals surface area contributed by atoms with Gasteiger partial charge in [-0.3, -0.25) is 9.59 Å². The van der Waals surface area contributed by atoms with E-state index in [1.165, 1.54) is 0 Å². The molecule has 0 aliphatic rings. The molecule has 0 amide bonds. The lowest BCUT2D eigenvalue weighted by Gasteiger charge is -2.29. The molecule has 0 aromatic rings. The summed E-state index contributed by atoms with van der Waals surface area (Å²) in [6.45, 7) is -5.30. The van der Waals surface area contributed by atoms with E-state index in [-0.39, 0.29) is 0 Å². The SMILES string of the molecule is CCC(C(=O)OC(C)COCC(F)(F)C(F)(F)C(F)(F)F)C(C(=O)OC(C)COCC(F)(F)C(F)(F)C(F)(F)F)S(=O)(=O)[O-]. The molecule has 0 spiro atoms. The van der Waals surface area contributed by atoms with E-state index in [0.717, 1.165) is 13.8 Å². The van der Waals surface area contributed by atoms with Crippen LogP contribution in [-0.2, 0) is 38.7 Å². The Bertz CT molecular complexity index is 1080. The Morgan fingerprint density at radius 2 is 0.977 bits per heavy atom. The van der Waals surface area contributed by atoms with Gasteiger partial charge in [0.05, 0.1) is 19.1 Å². The number of carbonyl (C=O) groups excluding carboxylic acids is 2. The van der Waals surface area contributed by atoms with Crippen molar-refractivity contribution < 1.29 is 103 Å². The number of halogens is 14. The molecular weight excluding hydrogens is 682 g/mol. The molecule has 4 atom stereocenters. The highest BCUT2D eigenvalue weighted by molar-refractivity contribution is 7.87. The monoisotopic (exact) mass is 705 g/mol. The van der Waals surface area contributed by atoms with Gasteiger partial charge in [0.1, 0.15) is 35.5 Å². The van der Waals surface area contributed by atoms with Crippen LogP contribution < -0.4 is 0 Å². The largest absolute Gasteiger partial charge is 0.747 e. The number of ether oxygens (including phenoxy) is 4. The lowest BCUT2D eigenvalue weighted by Crippen LogP contribution is -2.54. The lowest BCUT2D eigenvalue weighted by molar-refractivity contribution is -0.361. The molecule has 0 aromatic heterocycles. The summed E-state index contributed by atoms with van der Waals surface area (Å²) < 4.78 is 230. The maximum atomic E-state index is 13.3. The van der Waals surface area contributed by atoms with Crippen molar-refractivity contribution in [3.05, 3.63) is 0 Å². The fraction of sp³-hybridized carbons (Fsp3) is 0.900. The highest BCUT2D eigenvalue weighted by Crippen LogP contribution is 2.47. The normalized spacial score (nSPS) is 17.0. The van der Waals surface area contributed by atoms with Gasteiger partial charge in [-0.25, -0.2) is 8.42 Å². The molecule has 0 heterocycles. The molecular formula is C20H23F14O9S-. The average Bonchev–Trinajstić information content (AvgIpc) is 2.79. The second-order valence-electron chi connectivity index (χ2n) is 9.01. The van der Waals surface area contributed by atoms with Gasteiger partial charge in [0.15, 0.2) is 5.25 Å². The summed E-state index contributed by atoms with van der Waals surface area (Å²) in [4.78, 5) is 24.7. The number of alkyl halides is 14. The third-order valence-electron chi connectivity index (χ3n) is 5.19. The molecule has 0 saturated carbocycles. The molecule has 0 aliphatic carbocycles. The molecule has 0 N–H and O–H groups in total. The van der Waals surface area contributed by atoms with E-state index in [1.54, 1.807) is 0 Å². The van der Waals surface area contributed by atoms with E-state index >= 15 is 0 Å². The topological polar surface area (TPSA) is 128 Å². The van der Waals surface area contributed by atoms with Gasteiger partial charge in [-0.2, -0.15) is 61.5 Å². The summed E-state index contributed by atoms with van der Waals surface area (Å²) in [5.41, 5.74) is 0. The highest BCUT2D eigenvalue weighted by Gasteiger charge is 2.74. The van der Waals surface area contributed by atoms with Crippen LogP contribution in [0, 0.1) is 5.92 Å². The first-order valence-corrected chi connectivity index (χ1v) is 13.0. The van der Waals surface area contributed by atoms with Crippen molar-refractivity contribution in [2.75, 3.05) is 26.4 Å². The molecule has 9 nitrogen and oxygen atoms in total. The van der Waals surface area contributed by atoms with Crippen molar-refractivity contribution in [3.63, 3.8) is 0 Å². The molecule has 0 aliphatic heterocycles. The van der Waals surface area contributed by atoms with Gasteiger partial charge in [0.25, 0.3) is 0 Å². The molecule has 0 rings (SSSR count). The summed E-state index contributed by atoms with van der Waals surface area (Å²) in [6, 6.07) is 0. The highest BCUT2D eigenvalue weighted by atomic mass is 32.2. The van der Waals surface area contributed by atoms with Crippen LogP contribution >= 0.6 is 0 Å². The minimum Gasteiger partial charge on any atom is -0.747 e. The molecule has 0 aromatic carbocycles. The third-order valence-corrected chi connectivity index (χ3v) is 6.33. The van der Waals surface area contributed by atoms with Crippen LogP contribution in [0.5, 0.6) is 0 Å². The zero-order valence-electron chi connectivity index (χ0n) is 22.2. The number of carbonyl (C=O) groups is 2. The summed E-state index contributed by atoms with van der Waals surface area (Å²) >= 11 is 0. The van der Waals surface area contributed by atoms with Crippen molar-refractivity contribution in [1.82, 2.24) is 0 Å². The Hall–Kier alpha value is -2.21. The second kappa shape index (κ2) is 14.5. The maximum Gasteiger partial charge on any atom is 0.459 e. The van der Waals surface area contributed by atoms with Crippen LogP contribution in [-0.4, -0.2) is 105 Å². The average molecular weight is 705 g/mol. The zero-order valence-corrected chi connectivity index (χ0v) is 23.0. The van der Waals surface area contributed by atoms with Gasteiger partial charge < -0.3 is 23.5 Å². The Morgan fingerprint density at radius 1 is 0.659 bits per heavy atom. The number of hydrogen-bond acceptors (Lipinski definition) is 9. The van der Waals surface area contributed by atoms with Crippen molar-refractivity contribution in [3.8, 4) is 0 Å². The van der Waals surface area contributed by atoms with Crippen LogP contribution in [0.3, 0.4) is 0 Å². The van der Waals surface area contributed by atoms with Gasteiger partial charge in [-0.1, -0.05) is 6.92 Å². The van der Waals surface area contributed by atoms with E-state index in [9.17, 15) is 84.0 Å². The number of esters is 2. The summed E-state index contributed by atoms with van der Waals surface area (Å²) in [5.74, 6) is -30.8. The molecule has 44 heavy (non-hydrogen) atoms. The van der Waals surface area contributed by atoms with E-state index < -0.39 is 114 Å². The van der Waals surface area contributed by atoms with Crippen LogP contribution in [0.15, 0.2) is 0 Å². The zero-order chi connectivity index (χ0) is 35.3. The van der Waals surface area contributed by atoms with Gasteiger partial charge in [-0.05, 0) is 20.3 Å². The molecule has 0 radical (unpaired) electrons. The summed E-state index contributed by atoms with van der Waals surface area (Å²) in [7, 11) is -5.88. The Morgan fingerprint density at radius 3 is 1.25 bits per heavy atom. The Labute approximate surface area is 238 Å². The van der Waals surface area contributed by atoms with Crippen LogP contribution in [0.4, 0.5) is 61.5 Å². The molecule has 24 heteroatoms. The predicted octanol–water partition coefficient (Wildman–Crippen LogP) is 4.49. The molecule has 0 fully saturated rings. The van der Waals surface area contributed by atoms with Crippen LogP contribution in [0.1, 0.15) is 27.2 Å². The second-order valence-corrected chi connectivity index (χ2v) is 10.5. The van der Waals surface area contributed by atoms with Gasteiger partial charge in [0.2, 0.25) is 0 Å². The molecule has 0 bridgehead atoms. The smallest absolute Gasteiger partial charge is 0.459 e. The van der Waals surface area contributed by atoms with Gasteiger partial charge in [0, 0.05) is 0 Å². The summed E-state index contributed by atoms with van der Waals surface area (Å²) in [6.07, 6.45) is -17.8. The first kappa shape index (κ1) is 41.8. The van der Waals surface area contributed by atoms with E-state index in [4.69, 9.17) is 0 Å². The van der Waals surface area contributed by atoms with Crippen LogP contribution in [0.25, 0.3) is 0 Å². The van der Waals surface area contributed by atoms with Gasteiger partial charge >= 0.3 is 48.0 Å². The Kier molecular flexibility index (Phi) is 13.7. The molecule has 262 valence electrons. The minimum absolute atomic E-state index is 0.712. The van der Waals surface area contributed by atoms with Crippen molar-refractivity contribution in [2.24, 2.45) is 5.92 Å². The van der Waals surface area contributed by atoms with E-state index in [2.05, 4.69) is 18.9 Å². The lowest BCUT2D eigenvalue weighted by atomic mass is 10.0. The van der Waals surface area contributed by atoms with E-state index in [1.807, 2.05) is 0 Å². The third kappa shape index (κ3) is 10.4. The first-order valence-electron chi connectivity index (χ1n) is 11.5. The van der Waals surface area contributed by atoms with Crippen LogP contribution in [0.2, 0.25) is 0 Å². The fourth-order valence-electron chi connectivity index (χ4n) is 2.91. The number of hydrogen-bond donors (Lipinski definition) is 0. The van der Waals surface area contributed by atoms with Crippen molar-refractivity contribution in [1.29, 1.82) is 0 Å². The Balaban J connectivity index is 5.40. The maximum absolute atomic E-state index is 13.3. The standard InChI is InChI=1S/C20H24F14O9S/c1-4-11(13(35)42-9(2)5-40-7-15(21,22)17(25,26)19(29,30)31)12(44(37,38)39)14(36)43-10(3)6-41-8-16(23,24)18(27,28)20(32,33)34/h9-12H,4-8H2,1-3H3,(H,37,38,39)/p-1. The van der Waals surface area contributed by atoms with Gasteiger partial charge in [-0.15, -0.1) is 0 Å². The first-order chi connectivity index (χ1) is 19.4.